The van der Waals surface area contributed by atoms with E-state index < -0.39 is 0 Å². The Hall–Kier alpha value is -1.00. The Morgan fingerprint density at radius 1 is 1.35 bits per heavy atom. The van der Waals surface area contributed by atoms with Gasteiger partial charge < -0.3 is 14.8 Å². The van der Waals surface area contributed by atoms with Gasteiger partial charge in [-0.05, 0) is 60.4 Å². The third kappa shape index (κ3) is 5.17. The van der Waals surface area contributed by atoms with Gasteiger partial charge in [-0.2, -0.15) is 0 Å². The van der Waals surface area contributed by atoms with Gasteiger partial charge in [0, 0.05) is 6.54 Å². The van der Waals surface area contributed by atoms with Crippen molar-refractivity contribution >= 4 is 22.0 Å². The van der Waals surface area contributed by atoms with Gasteiger partial charge in [-0.25, -0.2) is 0 Å². The van der Waals surface area contributed by atoms with Gasteiger partial charge in [0.05, 0.1) is 18.2 Å². The van der Waals surface area contributed by atoms with Crippen molar-refractivity contribution in [3.05, 3.63) is 27.7 Å². The Labute approximate surface area is 130 Å². The summed E-state index contributed by atoms with van der Waals surface area (Å²) in [5, 5.41) is 3.39. The summed E-state index contributed by atoms with van der Waals surface area (Å²) >= 11 is 3.54. The molecular formula is C16H24BrNO2. The van der Waals surface area contributed by atoms with Gasteiger partial charge in [-0.1, -0.05) is 18.6 Å². The van der Waals surface area contributed by atoms with Crippen LogP contribution in [0.25, 0.3) is 6.08 Å². The number of benzene rings is 1. The maximum atomic E-state index is 5.59. The molecule has 0 saturated carbocycles. The van der Waals surface area contributed by atoms with E-state index in [4.69, 9.17) is 9.47 Å². The highest BCUT2D eigenvalue weighted by Gasteiger charge is 2.10. The van der Waals surface area contributed by atoms with E-state index in [9.17, 15) is 0 Å². The first kappa shape index (κ1) is 17.1. The number of nitrogens with one attached hydrogen (secondary N) is 1. The summed E-state index contributed by atoms with van der Waals surface area (Å²) in [5.41, 5.74) is 2.39. The number of hydrogen-bond acceptors (Lipinski definition) is 3. The average Bonchev–Trinajstić information content (AvgIpc) is 2.41. The largest absolute Gasteiger partial charge is 0.493 e. The Balaban J connectivity index is 2.91. The van der Waals surface area contributed by atoms with E-state index in [0.717, 1.165) is 41.0 Å². The lowest BCUT2D eigenvalue weighted by molar-refractivity contribution is 0.309. The molecule has 0 spiro atoms. The number of hydrogen-bond donors (Lipinski definition) is 1. The van der Waals surface area contributed by atoms with Crippen molar-refractivity contribution in [2.75, 3.05) is 26.8 Å². The first-order valence-electron chi connectivity index (χ1n) is 7.00. The van der Waals surface area contributed by atoms with Crippen molar-refractivity contribution in [2.45, 2.75) is 27.2 Å². The van der Waals surface area contributed by atoms with Crippen molar-refractivity contribution in [3.8, 4) is 11.5 Å². The second-order valence-electron chi connectivity index (χ2n) is 4.63. The van der Waals surface area contributed by atoms with E-state index in [0.29, 0.717) is 6.61 Å². The van der Waals surface area contributed by atoms with Gasteiger partial charge in [0.1, 0.15) is 0 Å². The number of ether oxygens (including phenoxy) is 2. The lowest BCUT2D eigenvalue weighted by atomic mass is 10.1. The summed E-state index contributed by atoms with van der Waals surface area (Å²) in [6.07, 6.45) is 3.31. The van der Waals surface area contributed by atoms with Crippen LogP contribution in [0, 0.1) is 0 Å². The number of rotatable bonds is 8. The highest BCUT2D eigenvalue weighted by atomic mass is 79.9. The summed E-state index contributed by atoms with van der Waals surface area (Å²) < 4.78 is 11.9. The van der Waals surface area contributed by atoms with Crippen LogP contribution in [0.3, 0.4) is 0 Å². The fourth-order valence-corrected chi connectivity index (χ4v) is 2.48. The topological polar surface area (TPSA) is 30.5 Å². The summed E-state index contributed by atoms with van der Waals surface area (Å²) in [6, 6.07) is 4.05. The van der Waals surface area contributed by atoms with Crippen LogP contribution in [0.4, 0.5) is 0 Å². The molecule has 1 N–H and O–H groups in total. The lowest BCUT2D eigenvalue weighted by Gasteiger charge is -2.12. The minimum Gasteiger partial charge on any atom is -0.493 e. The Morgan fingerprint density at radius 2 is 2.10 bits per heavy atom. The smallest absolute Gasteiger partial charge is 0.175 e. The predicted molar refractivity (Wildman–Crippen MR) is 88.7 cm³/mol. The molecular weight excluding hydrogens is 318 g/mol. The highest BCUT2D eigenvalue weighted by molar-refractivity contribution is 9.10. The molecule has 0 radical (unpaired) electrons. The Bertz CT molecular complexity index is 458. The van der Waals surface area contributed by atoms with Crippen LogP contribution in [0.15, 0.2) is 22.2 Å². The van der Waals surface area contributed by atoms with Crippen LogP contribution in [0.2, 0.25) is 0 Å². The van der Waals surface area contributed by atoms with E-state index >= 15 is 0 Å². The van der Waals surface area contributed by atoms with E-state index in [1.165, 1.54) is 5.57 Å². The standard InChI is InChI=1S/C16H24BrNO2/c1-5-7-18-11-12(3)8-13-9-14(17)16(20-6-2)15(10-13)19-4/h8-10,18H,5-7,11H2,1-4H3. The minimum atomic E-state index is 0.615. The Morgan fingerprint density at radius 3 is 2.70 bits per heavy atom. The monoisotopic (exact) mass is 341 g/mol. The summed E-state index contributed by atoms with van der Waals surface area (Å²) in [5.74, 6) is 1.51. The summed E-state index contributed by atoms with van der Waals surface area (Å²) in [4.78, 5) is 0. The first-order chi connectivity index (χ1) is 9.62. The van der Waals surface area contributed by atoms with Gasteiger partial charge in [0.2, 0.25) is 0 Å². The van der Waals surface area contributed by atoms with Crippen molar-refractivity contribution in [3.63, 3.8) is 0 Å². The molecule has 0 fully saturated rings. The molecule has 0 aromatic heterocycles. The maximum Gasteiger partial charge on any atom is 0.175 e. The third-order valence-corrected chi connectivity index (χ3v) is 3.37. The van der Waals surface area contributed by atoms with Crippen LogP contribution in [-0.4, -0.2) is 26.8 Å². The molecule has 0 aliphatic rings. The molecule has 0 aliphatic carbocycles. The quantitative estimate of drug-likeness (QED) is 0.716. The van der Waals surface area contributed by atoms with Crippen molar-refractivity contribution in [1.29, 1.82) is 0 Å². The molecule has 0 unspecified atom stereocenters. The molecule has 4 heteroatoms. The van der Waals surface area contributed by atoms with E-state index in [-0.39, 0.29) is 0 Å². The molecule has 1 aromatic carbocycles. The number of halogens is 1. The zero-order chi connectivity index (χ0) is 15.0. The molecule has 0 heterocycles. The van der Waals surface area contributed by atoms with Gasteiger partial charge in [0.15, 0.2) is 11.5 Å². The minimum absolute atomic E-state index is 0.615. The predicted octanol–water partition coefficient (Wildman–Crippen LogP) is 4.26. The molecule has 20 heavy (non-hydrogen) atoms. The average molecular weight is 342 g/mol. The fourth-order valence-electron chi connectivity index (χ4n) is 1.91. The van der Waals surface area contributed by atoms with Gasteiger partial charge in [-0.15, -0.1) is 0 Å². The zero-order valence-corrected chi connectivity index (χ0v) is 14.3. The molecule has 112 valence electrons. The van der Waals surface area contributed by atoms with E-state index in [2.05, 4.69) is 47.2 Å². The molecule has 0 amide bonds. The van der Waals surface area contributed by atoms with Crippen LogP contribution in [0.5, 0.6) is 11.5 Å². The van der Waals surface area contributed by atoms with Gasteiger partial charge in [0.25, 0.3) is 0 Å². The van der Waals surface area contributed by atoms with Crippen molar-refractivity contribution in [2.24, 2.45) is 0 Å². The molecule has 0 bridgehead atoms. The molecule has 3 nitrogen and oxygen atoms in total. The second kappa shape index (κ2) is 9.03. The lowest BCUT2D eigenvalue weighted by Crippen LogP contribution is -2.16. The van der Waals surface area contributed by atoms with Gasteiger partial charge in [-0.3, -0.25) is 0 Å². The van der Waals surface area contributed by atoms with Crippen LogP contribution >= 0.6 is 15.9 Å². The van der Waals surface area contributed by atoms with Crippen molar-refractivity contribution in [1.82, 2.24) is 5.32 Å². The highest BCUT2D eigenvalue weighted by Crippen LogP contribution is 2.37. The molecule has 0 saturated heterocycles. The summed E-state index contributed by atoms with van der Waals surface area (Å²) in [7, 11) is 1.66. The fraction of sp³-hybridized carbons (Fsp3) is 0.500. The van der Waals surface area contributed by atoms with Crippen LogP contribution < -0.4 is 14.8 Å². The van der Waals surface area contributed by atoms with E-state index in [1.807, 2.05) is 13.0 Å². The molecule has 0 atom stereocenters. The van der Waals surface area contributed by atoms with E-state index in [1.54, 1.807) is 7.11 Å². The molecule has 0 aliphatic heterocycles. The third-order valence-electron chi connectivity index (χ3n) is 2.78. The van der Waals surface area contributed by atoms with Crippen LogP contribution in [0.1, 0.15) is 32.8 Å². The second-order valence-corrected chi connectivity index (χ2v) is 5.49. The summed E-state index contributed by atoms with van der Waals surface area (Å²) in [6.45, 7) is 8.82. The van der Waals surface area contributed by atoms with Crippen molar-refractivity contribution < 1.29 is 9.47 Å². The zero-order valence-electron chi connectivity index (χ0n) is 12.8. The normalized spacial score (nSPS) is 11.6. The Kier molecular flexibility index (Phi) is 7.70. The maximum absolute atomic E-state index is 5.59. The number of methoxy groups -OCH3 is 1. The van der Waals surface area contributed by atoms with Gasteiger partial charge >= 0.3 is 0 Å². The molecule has 1 rings (SSSR count). The van der Waals surface area contributed by atoms with Crippen LogP contribution in [-0.2, 0) is 0 Å². The first-order valence-corrected chi connectivity index (χ1v) is 7.79. The molecule has 1 aromatic rings. The SMILES string of the molecule is CCCNCC(C)=Cc1cc(Br)c(OCC)c(OC)c1.